The molecule has 0 aliphatic carbocycles. The summed E-state index contributed by atoms with van der Waals surface area (Å²) in [6.07, 6.45) is 1.59. The molecular weight excluding hydrogens is 232 g/mol. The van der Waals surface area contributed by atoms with Gasteiger partial charge in [0.25, 0.3) is 0 Å². The Bertz CT molecular complexity index is 505. The van der Waals surface area contributed by atoms with Crippen molar-refractivity contribution in [2.45, 2.75) is 6.54 Å². The third kappa shape index (κ3) is 2.57. The average molecular weight is 241 g/mol. The van der Waals surface area contributed by atoms with Crippen molar-refractivity contribution in [2.75, 3.05) is 5.43 Å². The van der Waals surface area contributed by atoms with Crippen LogP contribution >= 0.6 is 23.8 Å². The van der Waals surface area contributed by atoms with Gasteiger partial charge in [-0.2, -0.15) is 5.10 Å². The molecule has 0 aliphatic rings. The molecule has 0 amide bonds. The van der Waals surface area contributed by atoms with Gasteiger partial charge in [0.1, 0.15) is 6.33 Å². The van der Waals surface area contributed by atoms with Gasteiger partial charge < -0.3 is 5.43 Å². The summed E-state index contributed by atoms with van der Waals surface area (Å²) >= 11 is 10.8. The van der Waals surface area contributed by atoms with Crippen molar-refractivity contribution in [3.63, 3.8) is 0 Å². The van der Waals surface area contributed by atoms with Crippen LogP contribution in [0.4, 0.5) is 0 Å². The normalized spacial score (nSPS) is 10.2. The summed E-state index contributed by atoms with van der Waals surface area (Å²) in [5.41, 5.74) is 4.19. The lowest BCUT2D eigenvalue weighted by Crippen LogP contribution is -2.13. The van der Waals surface area contributed by atoms with E-state index in [1.165, 1.54) is 0 Å². The third-order valence-corrected chi connectivity index (χ3v) is 2.42. The van der Waals surface area contributed by atoms with Crippen molar-refractivity contribution in [1.82, 2.24) is 14.9 Å². The predicted octanol–water partition coefficient (Wildman–Crippen LogP) is 2.34. The number of aromatic amines is 1. The highest BCUT2D eigenvalue weighted by Crippen LogP contribution is 2.10. The summed E-state index contributed by atoms with van der Waals surface area (Å²) in [5, 5.41) is 7.18. The standard InChI is InChI=1S/C9H9ClN4S/c10-8-3-1-2-7(4-8)5-12-14-6-11-13-9(14)15/h1-4,6,12H,5H2,(H,13,15). The van der Waals surface area contributed by atoms with E-state index >= 15 is 0 Å². The molecule has 0 unspecified atom stereocenters. The Hall–Kier alpha value is -1.33. The summed E-state index contributed by atoms with van der Waals surface area (Å²) < 4.78 is 2.19. The fourth-order valence-corrected chi connectivity index (χ4v) is 1.56. The summed E-state index contributed by atoms with van der Waals surface area (Å²) in [5.74, 6) is 0. The number of hydrogen-bond acceptors (Lipinski definition) is 3. The van der Waals surface area contributed by atoms with E-state index in [1.54, 1.807) is 11.0 Å². The zero-order chi connectivity index (χ0) is 10.7. The van der Waals surface area contributed by atoms with Gasteiger partial charge in [-0.05, 0) is 29.9 Å². The van der Waals surface area contributed by atoms with Gasteiger partial charge in [-0.3, -0.25) is 5.10 Å². The quantitative estimate of drug-likeness (QED) is 0.810. The minimum absolute atomic E-state index is 0.539. The topological polar surface area (TPSA) is 45.6 Å². The van der Waals surface area contributed by atoms with E-state index in [1.807, 2.05) is 24.3 Å². The largest absolute Gasteiger partial charge is 0.318 e. The van der Waals surface area contributed by atoms with Crippen molar-refractivity contribution in [1.29, 1.82) is 0 Å². The molecule has 4 nitrogen and oxygen atoms in total. The molecule has 0 spiro atoms. The van der Waals surface area contributed by atoms with Crippen molar-refractivity contribution in [2.24, 2.45) is 0 Å². The minimum atomic E-state index is 0.539. The molecule has 78 valence electrons. The second-order valence-electron chi connectivity index (χ2n) is 3.00. The highest BCUT2D eigenvalue weighted by atomic mass is 35.5. The second kappa shape index (κ2) is 4.46. The van der Waals surface area contributed by atoms with Crippen molar-refractivity contribution < 1.29 is 0 Å². The zero-order valence-electron chi connectivity index (χ0n) is 7.77. The summed E-state index contributed by atoms with van der Waals surface area (Å²) in [4.78, 5) is 0. The van der Waals surface area contributed by atoms with Crippen LogP contribution in [0.15, 0.2) is 30.6 Å². The first-order chi connectivity index (χ1) is 7.25. The molecule has 2 N–H and O–H groups in total. The van der Waals surface area contributed by atoms with Gasteiger partial charge in [0.15, 0.2) is 0 Å². The van der Waals surface area contributed by atoms with Gasteiger partial charge in [-0.25, -0.2) is 4.68 Å². The first-order valence-electron chi connectivity index (χ1n) is 4.36. The Labute approximate surface area is 96.9 Å². The highest BCUT2D eigenvalue weighted by molar-refractivity contribution is 7.71. The van der Waals surface area contributed by atoms with Crippen LogP contribution in [0.5, 0.6) is 0 Å². The van der Waals surface area contributed by atoms with Crippen molar-refractivity contribution >= 4 is 23.8 Å². The lowest BCUT2D eigenvalue weighted by Gasteiger charge is -2.05. The van der Waals surface area contributed by atoms with Gasteiger partial charge in [-0.1, -0.05) is 23.7 Å². The number of nitrogens with zero attached hydrogens (tertiary/aromatic N) is 2. The van der Waals surface area contributed by atoms with Gasteiger partial charge in [0, 0.05) is 5.02 Å². The SMILES string of the molecule is S=c1[nH]ncn1NCc1cccc(Cl)c1. The molecule has 2 aromatic rings. The number of hydrogen-bond donors (Lipinski definition) is 2. The van der Waals surface area contributed by atoms with E-state index in [0.29, 0.717) is 11.3 Å². The first-order valence-corrected chi connectivity index (χ1v) is 5.15. The molecule has 0 saturated heterocycles. The van der Waals surface area contributed by atoms with Crippen LogP contribution in [0.1, 0.15) is 5.56 Å². The molecule has 1 aromatic carbocycles. The molecule has 0 fully saturated rings. The molecule has 0 atom stereocenters. The first kappa shape index (κ1) is 10.2. The maximum absolute atomic E-state index is 5.86. The van der Waals surface area contributed by atoms with Gasteiger partial charge in [0.2, 0.25) is 4.77 Å². The number of halogens is 1. The smallest absolute Gasteiger partial charge is 0.214 e. The molecule has 0 aliphatic heterocycles. The number of H-pyrrole nitrogens is 1. The molecule has 0 bridgehead atoms. The maximum atomic E-state index is 5.86. The summed E-state index contributed by atoms with van der Waals surface area (Å²) in [6.45, 7) is 0.647. The summed E-state index contributed by atoms with van der Waals surface area (Å²) in [7, 11) is 0. The van der Waals surface area contributed by atoms with Crippen LogP contribution in [-0.2, 0) is 6.54 Å². The van der Waals surface area contributed by atoms with E-state index in [4.69, 9.17) is 23.8 Å². The molecule has 0 saturated carbocycles. The fraction of sp³-hybridized carbons (Fsp3) is 0.111. The van der Waals surface area contributed by atoms with Gasteiger partial charge >= 0.3 is 0 Å². The van der Waals surface area contributed by atoms with E-state index in [0.717, 1.165) is 10.6 Å². The summed E-state index contributed by atoms with van der Waals surface area (Å²) in [6, 6.07) is 7.64. The molecule has 0 radical (unpaired) electrons. The van der Waals surface area contributed by atoms with Crippen LogP contribution in [0, 0.1) is 4.77 Å². The molecule has 1 heterocycles. The Balaban J connectivity index is 2.05. The molecule has 6 heteroatoms. The van der Waals surface area contributed by atoms with Crippen LogP contribution in [0.2, 0.25) is 5.02 Å². The Morgan fingerprint density at radius 2 is 2.40 bits per heavy atom. The van der Waals surface area contributed by atoms with Crippen LogP contribution in [-0.4, -0.2) is 14.9 Å². The number of benzene rings is 1. The van der Waals surface area contributed by atoms with Crippen molar-refractivity contribution in [3.8, 4) is 0 Å². The monoisotopic (exact) mass is 240 g/mol. The maximum Gasteiger partial charge on any atom is 0.214 e. The van der Waals surface area contributed by atoms with Crippen LogP contribution < -0.4 is 5.43 Å². The van der Waals surface area contributed by atoms with Crippen molar-refractivity contribution in [3.05, 3.63) is 45.9 Å². The van der Waals surface area contributed by atoms with E-state index in [2.05, 4.69) is 15.6 Å². The number of nitrogens with one attached hydrogen (secondary N) is 2. The molecule has 15 heavy (non-hydrogen) atoms. The van der Waals surface area contributed by atoms with E-state index < -0.39 is 0 Å². The second-order valence-corrected chi connectivity index (χ2v) is 3.82. The predicted molar refractivity (Wildman–Crippen MR) is 61.9 cm³/mol. The molecule has 1 aromatic heterocycles. The van der Waals surface area contributed by atoms with E-state index in [-0.39, 0.29) is 0 Å². The Morgan fingerprint density at radius 3 is 3.07 bits per heavy atom. The van der Waals surface area contributed by atoms with Crippen LogP contribution in [0.3, 0.4) is 0 Å². The average Bonchev–Trinajstić information content (AvgIpc) is 2.61. The number of rotatable bonds is 3. The fourth-order valence-electron chi connectivity index (χ4n) is 1.18. The Morgan fingerprint density at radius 1 is 1.53 bits per heavy atom. The highest BCUT2D eigenvalue weighted by Gasteiger charge is 1.95. The number of aromatic nitrogens is 3. The lowest BCUT2D eigenvalue weighted by atomic mass is 10.2. The lowest BCUT2D eigenvalue weighted by molar-refractivity contribution is 0.825. The minimum Gasteiger partial charge on any atom is -0.318 e. The van der Waals surface area contributed by atoms with E-state index in [9.17, 15) is 0 Å². The van der Waals surface area contributed by atoms with Gasteiger partial charge in [-0.15, -0.1) is 0 Å². The Kier molecular flexibility index (Phi) is 3.03. The third-order valence-electron chi connectivity index (χ3n) is 1.89. The van der Waals surface area contributed by atoms with Gasteiger partial charge in [0.05, 0.1) is 6.54 Å². The molecular formula is C9H9ClN4S. The molecule has 2 rings (SSSR count). The zero-order valence-corrected chi connectivity index (χ0v) is 9.35. The van der Waals surface area contributed by atoms with Crippen LogP contribution in [0.25, 0.3) is 0 Å².